The molecule has 1 fully saturated rings. The van der Waals surface area contributed by atoms with E-state index < -0.39 is 5.60 Å². The molecule has 4 rings (SSSR count). The van der Waals surface area contributed by atoms with Gasteiger partial charge >= 0.3 is 0 Å². The summed E-state index contributed by atoms with van der Waals surface area (Å²) in [4.78, 5) is 20.4. The molecule has 3 heterocycles. The van der Waals surface area contributed by atoms with Crippen molar-refractivity contribution < 1.29 is 9.84 Å². The first kappa shape index (κ1) is 21.2. The zero-order valence-corrected chi connectivity index (χ0v) is 18.4. The number of H-pyrrole nitrogens is 1. The third kappa shape index (κ3) is 3.97. The number of ether oxygens (including phenoxy) is 1. The maximum Gasteiger partial charge on any atom is 0.274 e. The van der Waals surface area contributed by atoms with Crippen molar-refractivity contribution in [3.63, 3.8) is 0 Å². The van der Waals surface area contributed by atoms with Crippen molar-refractivity contribution in [2.24, 2.45) is 18.0 Å². The van der Waals surface area contributed by atoms with Gasteiger partial charge in [0, 0.05) is 24.3 Å². The van der Waals surface area contributed by atoms with Crippen molar-refractivity contribution in [1.29, 1.82) is 0 Å². The van der Waals surface area contributed by atoms with Crippen LogP contribution in [0.1, 0.15) is 64.3 Å². The zero-order chi connectivity index (χ0) is 21.6. The van der Waals surface area contributed by atoms with Gasteiger partial charge < -0.3 is 19.4 Å². The highest BCUT2D eigenvalue weighted by Gasteiger charge is 2.38. The number of nitrogens with zero attached hydrogens (tertiary/aromatic N) is 2. The van der Waals surface area contributed by atoms with Crippen molar-refractivity contribution in [3.05, 3.63) is 33.4 Å². The molecule has 0 bridgehead atoms. The SMILES string of the molecule is CC.Cc1[nH]c2c(=O)n(C)cc(C#CC(C)(O)C3CC3)c2c1C1=NCC(C)(C)O1. The molecular weight excluding hydrogens is 366 g/mol. The van der Waals surface area contributed by atoms with Crippen molar-refractivity contribution in [3.8, 4) is 11.8 Å². The molecular formula is C23H31N3O3. The smallest absolute Gasteiger partial charge is 0.274 e. The molecule has 2 N–H and O–H groups in total. The van der Waals surface area contributed by atoms with Gasteiger partial charge in [0.25, 0.3) is 5.56 Å². The first-order valence-corrected chi connectivity index (χ1v) is 10.3. The number of aryl methyl sites for hydroxylation is 2. The van der Waals surface area contributed by atoms with Crippen LogP contribution < -0.4 is 5.56 Å². The second-order valence-electron chi connectivity index (χ2n) is 8.49. The van der Waals surface area contributed by atoms with Gasteiger partial charge in [-0.3, -0.25) is 4.79 Å². The van der Waals surface area contributed by atoms with Crippen LogP contribution in [-0.2, 0) is 11.8 Å². The third-order valence-electron chi connectivity index (χ3n) is 5.33. The van der Waals surface area contributed by atoms with Crippen molar-refractivity contribution >= 4 is 16.8 Å². The molecule has 1 aliphatic heterocycles. The second kappa shape index (κ2) is 7.38. The summed E-state index contributed by atoms with van der Waals surface area (Å²) in [6, 6.07) is 0. The largest absolute Gasteiger partial charge is 0.469 e. The summed E-state index contributed by atoms with van der Waals surface area (Å²) in [7, 11) is 1.70. The second-order valence-corrected chi connectivity index (χ2v) is 8.49. The zero-order valence-electron chi connectivity index (χ0n) is 18.4. The molecule has 0 radical (unpaired) electrons. The predicted molar refractivity (Wildman–Crippen MR) is 116 cm³/mol. The Hall–Kier alpha value is -2.52. The van der Waals surface area contributed by atoms with E-state index in [0.717, 1.165) is 24.1 Å². The van der Waals surface area contributed by atoms with E-state index in [1.807, 2.05) is 34.6 Å². The molecule has 6 heteroatoms. The summed E-state index contributed by atoms with van der Waals surface area (Å²) >= 11 is 0. The molecule has 0 amide bonds. The molecule has 6 nitrogen and oxygen atoms in total. The molecule has 0 aromatic carbocycles. The Kier molecular flexibility index (Phi) is 5.40. The Morgan fingerprint density at radius 1 is 1.38 bits per heavy atom. The molecule has 1 aliphatic carbocycles. The lowest BCUT2D eigenvalue weighted by atomic mass is 10.00. The Morgan fingerprint density at radius 2 is 2.03 bits per heavy atom. The van der Waals surface area contributed by atoms with Gasteiger partial charge in [-0.05, 0) is 46.5 Å². The number of nitrogens with one attached hydrogen (secondary N) is 1. The quantitative estimate of drug-likeness (QED) is 0.764. The maximum atomic E-state index is 12.7. The Morgan fingerprint density at radius 3 is 2.59 bits per heavy atom. The summed E-state index contributed by atoms with van der Waals surface area (Å²) in [5, 5.41) is 11.3. The summed E-state index contributed by atoms with van der Waals surface area (Å²) < 4.78 is 7.54. The van der Waals surface area contributed by atoms with E-state index >= 15 is 0 Å². The lowest BCUT2D eigenvalue weighted by Gasteiger charge is -2.17. The molecule has 1 unspecified atom stereocenters. The number of aromatic amines is 1. The van der Waals surface area contributed by atoms with E-state index in [0.29, 0.717) is 28.9 Å². The number of rotatable bonds is 2. The average Bonchev–Trinajstić information content (AvgIpc) is 3.39. The lowest BCUT2D eigenvalue weighted by Crippen LogP contribution is -2.25. The van der Waals surface area contributed by atoms with E-state index in [4.69, 9.17) is 4.74 Å². The highest BCUT2D eigenvalue weighted by molar-refractivity contribution is 6.10. The first-order chi connectivity index (χ1) is 13.6. The van der Waals surface area contributed by atoms with Gasteiger partial charge in [-0.2, -0.15) is 0 Å². The Balaban J connectivity index is 0.00000117. The number of hydrogen-bond donors (Lipinski definition) is 2. The number of pyridine rings is 1. The number of aromatic nitrogens is 2. The summed E-state index contributed by atoms with van der Waals surface area (Å²) in [5.74, 6) is 6.90. The fraction of sp³-hybridized carbons (Fsp3) is 0.565. The van der Waals surface area contributed by atoms with Gasteiger partial charge in [-0.1, -0.05) is 25.7 Å². The molecule has 0 saturated heterocycles. The fourth-order valence-corrected chi connectivity index (χ4v) is 3.57. The Labute approximate surface area is 172 Å². The van der Waals surface area contributed by atoms with Crippen LogP contribution in [-0.4, -0.2) is 38.3 Å². The van der Waals surface area contributed by atoms with Gasteiger partial charge in [0.2, 0.25) is 5.90 Å². The van der Waals surface area contributed by atoms with Crippen molar-refractivity contribution in [2.75, 3.05) is 6.54 Å². The molecule has 1 saturated carbocycles. The summed E-state index contributed by atoms with van der Waals surface area (Å²) in [5.41, 5.74) is 1.26. The maximum absolute atomic E-state index is 12.7. The highest BCUT2D eigenvalue weighted by Crippen LogP contribution is 2.39. The lowest BCUT2D eigenvalue weighted by molar-refractivity contribution is 0.0980. The minimum Gasteiger partial charge on any atom is -0.469 e. The van der Waals surface area contributed by atoms with Gasteiger partial charge in [0.15, 0.2) is 0 Å². The fourth-order valence-electron chi connectivity index (χ4n) is 3.57. The van der Waals surface area contributed by atoms with E-state index in [1.54, 1.807) is 20.2 Å². The standard InChI is InChI=1S/C21H25N3O3.C2H6/c1-12-15(18-22-11-20(2,3)27-18)16-13(8-9-21(4,26)14-6-7-14)10-24(5)19(25)17(16)23-12;1-2/h10,14,23,26H,6-7,11H2,1-5H3;1-2H3. The highest BCUT2D eigenvalue weighted by atomic mass is 16.5. The van der Waals surface area contributed by atoms with Crippen LogP contribution in [0.4, 0.5) is 0 Å². The Bertz CT molecular complexity index is 1090. The molecule has 2 aliphatic rings. The normalized spacial score (nSPS) is 19.4. The minimum absolute atomic E-state index is 0.128. The van der Waals surface area contributed by atoms with Gasteiger partial charge in [-0.15, -0.1) is 0 Å². The van der Waals surface area contributed by atoms with E-state index in [1.165, 1.54) is 4.57 Å². The van der Waals surface area contributed by atoms with E-state index in [9.17, 15) is 9.90 Å². The topological polar surface area (TPSA) is 79.6 Å². The van der Waals surface area contributed by atoms with E-state index in [2.05, 4.69) is 21.8 Å². The van der Waals surface area contributed by atoms with Crippen LogP contribution in [0.3, 0.4) is 0 Å². The van der Waals surface area contributed by atoms with Crippen LogP contribution in [0.5, 0.6) is 0 Å². The number of hydrogen-bond acceptors (Lipinski definition) is 4. The van der Waals surface area contributed by atoms with Gasteiger partial charge in [0.05, 0.1) is 17.7 Å². The van der Waals surface area contributed by atoms with Crippen LogP contribution in [0, 0.1) is 24.7 Å². The van der Waals surface area contributed by atoms with Crippen LogP contribution in [0.2, 0.25) is 0 Å². The van der Waals surface area contributed by atoms with Gasteiger partial charge in [-0.25, -0.2) is 4.99 Å². The average molecular weight is 398 g/mol. The third-order valence-corrected chi connectivity index (χ3v) is 5.33. The minimum atomic E-state index is -1.02. The molecule has 2 aromatic rings. The monoisotopic (exact) mass is 397 g/mol. The molecule has 2 aromatic heterocycles. The predicted octanol–water partition coefficient (Wildman–Crippen LogP) is 3.27. The summed E-state index contributed by atoms with van der Waals surface area (Å²) in [6.07, 6.45) is 3.72. The van der Waals surface area contributed by atoms with E-state index in [-0.39, 0.29) is 17.1 Å². The molecule has 1 atom stereocenters. The summed E-state index contributed by atoms with van der Waals surface area (Å²) in [6.45, 7) is 12.2. The number of aliphatic hydroxyl groups is 1. The molecule has 29 heavy (non-hydrogen) atoms. The van der Waals surface area contributed by atoms with Crippen molar-refractivity contribution in [2.45, 2.75) is 65.6 Å². The number of fused-ring (bicyclic) bond motifs is 1. The molecule has 0 spiro atoms. The molecule has 156 valence electrons. The van der Waals surface area contributed by atoms with Crippen LogP contribution >= 0.6 is 0 Å². The van der Waals surface area contributed by atoms with Gasteiger partial charge in [0.1, 0.15) is 16.7 Å². The van der Waals surface area contributed by atoms with Crippen molar-refractivity contribution in [1.82, 2.24) is 9.55 Å². The van der Waals surface area contributed by atoms with Crippen LogP contribution in [0.25, 0.3) is 10.9 Å². The van der Waals surface area contributed by atoms with Crippen LogP contribution in [0.15, 0.2) is 16.0 Å². The first-order valence-electron chi connectivity index (χ1n) is 10.3. The number of aliphatic imine (C=N–C) groups is 1.